The van der Waals surface area contributed by atoms with Gasteiger partial charge in [-0.05, 0) is 19.8 Å². The zero-order valence-electron chi connectivity index (χ0n) is 9.56. The number of hydrogen-bond acceptors (Lipinski definition) is 3. The van der Waals surface area contributed by atoms with Gasteiger partial charge in [-0.3, -0.25) is 4.55 Å². The van der Waals surface area contributed by atoms with Crippen LogP contribution in [-0.2, 0) is 14.9 Å². The summed E-state index contributed by atoms with van der Waals surface area (Å²) in [7, 11) is -0.455. The van der Waals surface area contributed by atoms with E-state index in [0.717, 1.165) is 12.8 Å². The van der Waals surface area contributed by atoms with E-state index in [0.29, 0.717) is 13.0 Å². The molecule has 5 nitrogen and oxygen atoms in total. The maximum atomic E-state index is 10.7. The topological polar surface area (TPSA) is 71.4 Å². The normalized spacial score (nSPS) is 12.8. The monoisotopic (exact) mass is 238 g/mol. The highest BCUT2D eigenvalue weighted by atomic mass is 32.2. The lowest BCUT2D eigenvalue weighted by molar-refractivity contribution is -0.878. The van der Waals surface area contributed by atoms with Gasteiger partial charge in [0.2, 0.25) is 5.88 Å². The van der Waals surface area contributed by atoms with Crippen LogP contribution in [0.4, 0.5) is 0 Å². The number of Topliss-reactive ketones (excluding diaryl/α,β-unsaturated/α-hetero) is 1. The lowest BCUT2D eigenvalue weighted by Gasteiger charge is -2.27. The van der Waals surface area contributed by atoms with Gasteiger partial charge in [0.1, 0.15) is 5.78 Å². The maximum absolute atomic E-state index is 10.7. The molecule has 0 rings (SSSR count). The summed E-state index contributed by atoms with van der Waals surface area (Å²) < 4.78 is 30.3. The van der Waals surface area contributed by atoms with Gasteiger partial charge in [0.15, 0.2) is 0 Å². The van der Waals surface area contributed by atoms with E-state index in [4.69, 9.17) is 4.55 Å². The fourth-order valence-corrected chi connectivity index (χ4v) is 2.43. The van der Waals surface area contributed by atoms with Gasteiger partial charge in [-0.2, -0.15) is 8.42 Å². The number of unbranched alkanes of at least 4 members (excludes halogenated alkanes) is 1. The van der Waals surface area contributed by atoms with Crippen molar-refractivity contribution < 1.29 is 22.2 Å². The van der Waals surface area contributed by atoms with Crippen molar-refractivity contribution in [3.05, 3.63) is 0 Å². The van der Waals surface area contributed by atoms with E-state index in [1.54, 1.807) is 14.1 Å². The fraction of sp³-hybridized carbons (Fsp3) is 0.889. The summed E-state index contributed by atoms with van der Waals surface area (Å²) in [6.07, 6.45) is 2.08. The molecule has 0 aliphatic carbocycles. The zero-order chi connectivity index (χ0) is 12.1. The van der Waals surface area contributed by atoms with E-state index in [9.17, 15) is 13.2 Å². The van der Waals surface area contributed by atoms with Crippen LogP contribution in [0.15, 0.2) is 0 Å². The molecule has 1 N–H and O–H groups in total. The molecule has 0 saturated heterocycles. The Kier molecular flexibility index (Phi) is 5.41. The second-order valence-corrected chi connectivity index (χ2v) is 5.95. The number of rotatable bonds is 7. The third kappa shape index (κ3) is 9.84. The third-order valence-corrected chi connectivity index (χ3v) is 3.08. The molecule has 6 heteroatoms. The van der Waals surface area contributed by atoms with E-state index in [1.165, 1.54) is 6.92 Å². The lowest BCUT2D eigenvalue weighted by atomic mass is 10.2. The Balaban J connectivity index is 3.89. The molecule has 0 unspecified atom stereocenters. The highest BCUT2D eigenvalue weighted by Crippen LogP contribution is 2.06. The van der Waals surface area contributed by atoms with Crippen LogP contribution in [0, 0.1) is 0 Å². The quantitative estimate of drug-likeness (QED) is 0.402. The summed E-state index contributed by atoms with van der Waals surface area (Å²) in [5.74, 6) is -0.136. The second kappa shape index (κ2) is 5.58. The Morgan fingerprint density at radius 3 is 2.20 bits per heavy atom. The van der Waals surface area contributed by atoms with Crippen molar-refractivity contribution in [3.63, 3.8) is 0 Å². The van der Waals surface area contributed by atoms with Crippen molar-refractivity contribution >= 4 is 15.9 Å². The molecule has 0 saturated carbocycles. The van der Waals surface area contributed by atoms with E-state index < -0.39 is 10.1 Å². The predicted molar refractivity (Wildman–Crippen MR) is 57.9 cm³/mol. The first-order valence-electron chi connectivity index (χ1n) is 4.89. The molecule has 0 aromatic heterocycles. The predicted octanol–water partition coefficient (Wildman–Crippen LogP) is 0.667. The molecule has 0 spiro atoms. The van der Waals surface area contributed by atoms with E-state index in [-0.39, 0.29) is 16.1 Å². The van der Waals surface area contributed by atoms with Crippen LogP contribution in [0.2, 0.25) is 0 Å². The van der Waals surface area contributed by atoms with Gasteiger partial charge < -0.3 is 9.28 Å². The number of carbonyl (C=O) groups is 1. The third-order valence-electron chi connectivity index (χ3n) is 2.05. The van der Waals surface area contributed by atoms with Gasteiger partial charge in [-0.1, -0.05) is 0 Å². The van der Waals surface area contributed by atoms with E-state index >= 15 is 0 Å². The molecular weight excluding hydrogens is 218 g/mol. The zero-order valence-corrected chi connectivity index (χ0v) is 10.4. The minimum atomic E-state index is -3.93. The molecule has 90 valence electrons. The highest BCUT2D eigenvalue weighted by molar-refractivity contribution is 7.85. The summed E-state index contributed by atoms with van der Waals surface area (Å²) in [5, 5.41) is 0. The van der Waals surface area contributed by atoms with Crippen molar-refractivity contribution in [2.24, 2.45) is 0 Å². The SMILES string of the molecule is CC(=O)CCCC[N+](C)(C)CS(=O)(=O)O. The molecule has 0 radical (unpaired) electrons. The number of carbonyl (C=O) groups excluding carboxylic acids is 1. The van der Waals surface area contributed by atoms with Crippen LogP contribution >= 0.6 is 0 Å². The van der Waals surface area contributed by atoms with Crippen molar-refractivity contribution in [2.75, 3.05) is 26.5 Å². The van der Waals surface area contributed by atoms with Gasteiger partial charge in [0.05, 0.1) is 20.6 Å². The molecule has 0 atom stereocenters. The number of hydrogen-bond donors (Lipinski definition) is 1. The Hall–Kier alpha value is -0.460. The van der Waals surface area contributed by atoms with Crippen LogP contribution in [0.1, 0.15) is 26.2 Å². The summed E-state index contributed by atoms with van der Waals surface area (Å²) in [6.45, 7) is 2.17. The van der Waals surface area contributed by atoms with E-state index in [1.807, 2.05) is 0 Å². The largest absolute Gasteiger partial charge is 0.316 e. The van der Waals surface area contributed by atoms with Crippen LogP contribution < -0.4 is 0 Å². The molecular formula is C9H20NO4S+. The number of ketones is 1. The first-order valence-corrected chi connectivity index (χ1v) is 6.50. The first-order chi connectivity index (χ1) is 6.62. The second-order valence-electron chi connectivity index (χ2n) is 4.53. The van der Waals surface area contributed by atoms with Crippen LogP contribution in [-0.4, -0.2) is 49.8 Å². The van der Waals surface area contributed by atoms with Crippen molar-refractivity contribution in [2.45, 2.75) is 26.2 Å². The average Bonchev–Trinajstić information content (AvgIpc) is 1.93. The molecule has 0 aliphatic rings. The lowest BCUT2D eigenvalue weighted by Crippen LogP contribution is -2.44. The molecule has 0 aliphatic heterocycles. The van der Waals surface area contributed by atoms with Crippen LogP contribution in [0.3, 0.4) is 0 Å². The first kappa shape index (κ1) is 14.5. The van der Waals surface area contributed by atoms with Gasteiger partial charge in [-0.15, -0.1) is 0 Å². The van der Waals surface area contributed by atoms with Crippen molar-refractivity contribution in [1.82, 2.24) is 0 Å². The minimum absolute atomic E-state index is 0.148. The summed E-state index contributed by atoms with van der Waals surface area (Å²) in [4.78, 5) is 10.7. The summed E-state index contributed by atoms with van der Waals surface area (Å²) in [6, 6.07) is 0. The summed E-state index contributed by atoms with van der Waals surface area (Å²) in [5.41, 5.74) is 0. The summed E-state index contributed by atoms with van der Waals surface area (Å²) >= 11 is 0. The Morgan fingerprint density at radius 2 is 1.80 bits per heavy atom. The Labute approximate surface area is 91.4 Å². The van der Waals surface area contributed by atoms with Gasteiger partial charge >= 0.3 is 10.1 Å². The van der Waals surface area contributed by atoms with Crippen molar-refractivity contribution in [1.29, 1.82) is 0 Å². The molecule has 0 amide bonds. The van der Waals surface area contributed by atoms with E-state index in [2.05, 4.69) is 0 Å². The molecule has 0 bridgehead atoms. The smallest absolute Gasteiger partial charge is 0.314 e. The Morgan fingerprint density at radius 1 is 1.27 bits per heavy atom. The fourth-order valence-electron chi connectivity index (χ4n) is 1.42. The van der Waals surface area contributed by atoms with Crippen LogP contribution in [0.5, 0.6) is 0 Å². The van der Waals surface area contributed by atoms with Crippen molar-refractivity contribution in [3.8, 4) is 0 Å². The molecule has 0 aromatic carbocycles. The van der Waals surface area contributed by atoms with Crippen LogP contribution in [0.25, 0.3) is 0 Å². The molecule has 0 fully saturated rings. The minimum Gasteiger partial charge on any atom is -0.314 e. The highest BCUT2D eigenvalue weighted by Gasteiger charge is 2.22. The standard InChI is InChI=1S/C9H19NO4S/c1-9(11)6-4-5-7-10(2,3)8-15(12,13)14/h4-8H2,1-3H3/p+1. The van der Waals surface area contributed by atoms with Gasteiger partial charge in [-0.25, -0.2) is 0 Å². The molecule has 15 heavy (non-hydrogen) atoms. The Bertz CT molecular complexity index is 308. The van der Waals surface area contributed by atoms with Gasteiger partial charge in [0.25, 0.3) is 0 Å². The molecule has 0 aromatic rings. The maximum Gasteiger partial charge on any atom is 0.316 e. The molecule has 0 heterocycles. The number of nitrogens with zero attached hydrogens (tertiary/aromatic N) is 1. The average molecular weight is 238 g/mol. The number of quaternary nitrogens is 1. The van der Waals surface area contributed by atoms with Gasteiger partial charge in [0, 0.05) is 6.42 Å².